The molecule has 1 aromatic rings. The summed E-state index contributed by atoms with van der Waals surface area (Å²) in [5, 5.41) is 6.35. The Labute approximate surface area is 144 Å². The third kappa shape index (κ3) is 4.15. The van der Waals surface area contributed by atoms with Crippen LogP contribution in [0.5, 0.6) is 0 Å². The second-order valence-electron chi connectivity index (χ2n) is 6.16. The number of sulfonamides is 1. The maximum absolute atomic E-state index is 12.5. The van der Waals surface area contributed by atoms with Gasteiger partial charge in [0.2, 0.25) is 10.0 Å². The van der Waals surface area contributed by atoms with Crippen molar-refractivity contribution in [2.45, 2.75) is 38.1 Å². The average molecular weight is 353 g/mol. The molecule has 1 heterocycles. The van der Waals surface area contributed by atoms with Crippen molar-refractivity contribution in [1.29, 1.82) is 0 Å². The highest BCUT2D eigenvalue weighted by Crippen LogP contribution is 2.17. The molecule has 1 saturated heterocycles. The topological polar surface area (TPSA) is 78.5 Å². The number of nitrogens with one attached hydrogen (secondary N) is 2. The predicted molar refractivity (Wildman–Crippen MR) is 94.5 cm³/mol. The van der Waals surface area contributed by atoms with Crippen LogP contribution in [-0.4, -0.2) is 50.9 Å². The minimum absolute atomic E-state index is 0.151. The molecule has 2 atom stereocenters. The molecule has 1 fully saturated rings. The van der Waals surface area contributed by atoms with E-state index in [0.29, 0.717) is 24.6 Å². The number of hydrogen-bond acceptors (Lipinski definition) is 4. The SMILES string of the molecule is CCN(CC)S(=O)(=O)c1ccc(C(=O)NC2CCNCC2C)cc1. The van der Waals surface area contributed by atoms with Crippen LogP contribution >= 0.6 is 0 Å². The summed E-state index contributed by atoms with van der Waals surface area (Å²) >= 11 is 0. The van der Waals surface area contributed by atoms with Gasteiger partial charge in [0, 0.05) is 24.7 Å². The van der Waals surface area contributed by atoms with Crippen molar-refractivity contribution >= 4 is 15.9 Å². The summed E-state index contributed by atoms with van der Waals surface area (Å²) in [6.45, 7) is 8.37. The van der Waals surface area contributed by atoms with Gasteiger partial charge in [-0.05, 0) is 49.7 Å². The molecule has 2 rings (SSSR count). The fourth-order valence-electron chi connectivity index (χ4n) is 2.97. The number of benzene rings is 1. The molecule has 0 aromatic heterocycles. The number of nitrogens with zero attached hydrogens (tertiary/aromatic N) is 1. The molecule has 0 aliphatic carbocycles. The van der Waals surface area contributed by atoms with E-state index in [4.69, 9.17) is 0 Å². The second kappa shape index (κ2) is 8.09. The first-order chi connectivity index (χ1) is 11.4. The molecular formula is C17H27N3O3S. The summed E-state index contributed by atoms with van der Waals surface area (Å²) < 4.78 is 26.3. The van der Waals surface area contributed by atoms with E-state index in [1.165, 1.54) is 16.4 Å². The Hall–Kier alpha value is -1.44. The third-order valence-electron chi connectivity index (χ3n) is 4.56. The summed E-state index contributed by atoms with van der Waals surface area (Å²) in [5.74, 6) is 0.227. The van der Waals surface area contributed by atoms with Crippen molar-refractivity contribution in [3.63, 3.8) is 0 Å². The zero-order chi connectivity index (χ0) is 17.7. The van der Waals surface area contributed by atoms with Gasteiger partial charge < -0.3 is 10.6 Å². The van der Waals surface area contributed by atoms with Gasteiger partial charge in [-0.25, -0.2) is 8.42 Å². The molecule has 24 heavy (non-hydrogen) atoms. The molecule has 2 N–H and O–H groups in total. The quantitative estimate of drug-likeness (QED) is 0.811. The van der Waals surface area contributed by atoms with Crippen LogP contribution in [-0.2, 0) is 10.0 Å². The summed E-state index contributed by atoms with van der Waals surface area (Å²) in [6, 6.07) is 6.33. The smallest absolute Gasteiger partial charge is 0.251 e. The van der Waals surface area contributed by atoms with Gasteiger partial charge in [0.1, 0.15) is 0 Å². The first-order valence-electron chi connectivity index (χ1n) is 8.52. The first-order valence-corrected chi connectivity index (χ1v) is 9.96. The summed E-state index contributed by atoms with van der Waals surface area (Å²) in [5.41, 5.74) is 0.485. The Morgan fingerprint density at radius 3 is 2.42 bits per heavy atom. The molecule has 1 aliphatic heterocycles. The van der Waals surface area contributed by atoms with Gasteiger partial charge in [-0.1, -0.05) is 20.8 Å². The fraction of sp³-hybridized carbons (Fsp3) is 0.588. The van der Waals surface area contributed by atoms with E-state index in [1.54, 1.807) is 12.1 Å². The van der Waals surface area contributed by atoms with Crippen LogP contribution in [0.1, 0.15) is 37.6 Å². The molecule has 6 nitrogen and oxygen atoms in total. The summed E-state index contributed by atoms with van der Waals surface area (Å²) in [6.07, 6.45) is 0.904. The van der Waals surface area contributed by atoms with Gasteiger partial charge in [0.15, 0.2) is 0 Å². The standard InChI is InChI=1S/C17H27N3O3S/c1-4-20(5-2)24(22,23)15-8-6-14(7-9-15)17(21)19-16-10-11-18-12-13(16)3/h6-9,13,16,18H,4-5,10-12H2,1-3H3,(H,19,21). The van der Waals surface area contributed by atoms with Crippen molar-refractivity contribution in [1.82, 2.24) is 14.9 Å². The van der Waals surface area contributed by atoms with Crippen LogP contribution in [0.4, 0.5) is 0 Å². The number of carbonyl (C=O) groups is 1. The van der Waals surface area contributed by atoms with Gasteiger partial charge in [-0.2, -0.15) is 4.31 Å². The maximum atomic E-state index is 12.5. The minimum Gasteiger partial charge on any atom is -0.349 e. The van der Waals surface area contributed by atoms with Crippen LogP contribution in [0.3, 0.4) is 0 Å². The molecule has 134 valence electrons. The molecule has 0 radical (unpaired) electrons. The lowest BCUT2D eigenvalue weighted by Gasteiger charge is -2.30. The summed E-state index contributed by atoms with van der Waals surface area (Å²) in [7, 11) is -3.49. The molecule has 1 aromatic carbocycles. The van der Waals surface area contributed by atoms with Gasteiger partial charge in [-0.3, -0.25) is 4.79 Å². The number of hydrogen-bond donors (Lipinski definition) is 2. The van der Waals surface area contributed by atoms with E-state index >= 15 is 0 Å². The molecule has 1 amide bonds. The van der Waals surface area contributed by atoms with E-state index in [9.17, 15) is 13.2 Å². The number of carbonyl (C=O) groups excluding carboxylic acids is 1. The van der Waals surface area contributed by atoms with E-state index < -0.39 is 10.0 Å². The first kappa shape index (κ1) is 18.9. The average Bonchev–Trinajstić information content (AvgIpc) is 2.58. The van der Waals surface area contributed by atoms with Gasteiger partial charge >= 0.3 is 0 Å². The Balaban J connectivity index is 2.10. The lowest BCUT2D eigenvalue weighted by molar-refractivity contribution is 0.0914. The molecule has 0 spiro atoms. The van der Waals surface area contributed by atoms with Crippen molar-refractivity contribution in [3.05, 3.63) is 29.8 Å². The lowest BCUT2D eigenvalue weighted by atomic mass is 9.95. The van der Waals surface area contributed by atoms with Crippen LogP contribution in [0.15, 0.2) is 29.2 Å². The second-order valence-corrected chi connectivity index (χ2v) is 8.10. The number of piperidine rings is 1. The number of rotatable bonds is 6. The highest BCUT2D eigenvalue weighted by molar-refractivity contribution is 7.89. The van der Waals surface area contributed by atoms with Crippen molar-refractivity contribution in [2.75, 3.05) is 26.2 Å². The maximum Gasteiger partial charge on any atom is 0.251 e. The zero-order valence-electron chi connectivity index (χ0n) is 14.6. The molecule has 2 unspecified atom stereocenters. The minimum atomic E-state index is -3.49. The fourth-order valence-corrected chi connectivity index (χ4v) is 4.43. The van der Waals surface area contributed by atoms with Gasteiger partial charge in [0.25, 0.3) is 5.91 Å². The van der Waals surface area contributed by atoms with E-state index in [0.717, 1.165) is 19.5 Å². The van der Waals surface area contributed by atoms with Crippen LogP contribution < -0.4 is 10.6 Å². The molecule has 0 bridgehead atoms. The Kier molecular flexibility index (Phi) is 6.37. The van der Waals surface area contributed by atoms with Crippen molar-refractivity contribution in [3.8, 4) is 0 Å². The normalized spacial score (nSPS) is 21.7. The highest BCUT2D eigenvalue weighted by atomic mass is 32.2. The predicted octanol–water partition coefficient (Wildman–Crippen LogP) is 1.44. The van der Waals surface area contributed by atoms with Crippen molar-refractivity contribution < 1.29 is 13.2 Å². The zero-order valence-corrected chi connectivity index (χ0v) is 15.4. The lowest BCUT2D eigenvalue weighted by Crippen LogP contribution is -2.48. The highest BCUT2D eigenvalue weighted by Gasteiger charge is 2.24. The van der Waals surface area contributed by atoms with Gasteiger partial charge in [0.05, 0.1) is 4.90 Å². The molecule has 0 saturated carbocycles. The Morgan fingerprint density at radius 2 is 1.88 bits per heavy atom. The third-order valence-corrected chi connectivity index (χ3v) is 6.63. The van der Waals surface area contributed by atoms with E-state index in [-0.39, 0.29) is 16.8 Å². The van der Waals surface area contributed by atoms with Crippen LogP contribution in [0, 0.1) is 5.92 Å². The number of amides is 1. The molecular weight excluding hydrogens is 326 g/mol. The van der Waals surface area contributed by atoms with Crippen molar-refractivity contribution in [2.24, 2.45) is 5.92 Å². The molecule has 1 aliphatic rings. The summed E-state index contributed by atoms with van der Waals surface area (Å²) in [4.78, 5) is 12.6. The van der Waals surface area contributed by atoms with Crippen LogP contribution in [0.25, 0.3) is 0 Å². The van der Waals surface area contributed by atoms with Crippen LogP contribution in [0.2, 0.25) is 0 Å². The van der Waals surface area contributed by atoms with Gasteiger partial charge in [-0.15, -0.1) is 0 Å². The Morgan fingerprint density at radius 1 is 1.25 bits per heavy atom. The van der Waals surface area contributed by atoms with E-state index in [1.807, 2.05) is 13.8 Å². The molecule has 7 heteroatoms. The van der Waals surface area contributed by atoms with E-state index in [2.05, 4.69) is 17.6 Å². The monoisotopic (exact) mass is 353 g/mol. The largest absolute Gasteiger partial charge is 0.349 e. The Bertz CT molecular complexity index is 654.